The van der Waals surface area contributed by atoms with Gasteiger partial charge in [0.2, 0.25) is 5.89 Å². The highest BCUT2D eigenvalue weighted by Gasteiger charge is 2.20. The highest BCUT2D eigenvalue weighted by Crippen LogP contribution is 2.25. The molecule has 2 heterocycles. The molecule has 106 valence electrons. The molecule has 0 saturated carbocycles. The first kappa shape index (κ1) is 13.9. The summed E-state index contributed by atoms with van der Waals surface area (Å²) in [7, 11) is 0. The molecule has 0 spiro atoms. The molecule has 1 aromatic carbocycles. The Morgan fingerprint density at radius 1 is 1.30 bits per heavy atom. The van der Waals surface area contributed by atoms with E-state index in [1.54, 1.807) is 11.8 Å². The van der Waals surface area contributed by atoms with Crippen molar-refractivity contribution in [2.45, 2.75) is 36.0 Å². The van der Waals surface area contributed by atoms with E-state index < -0.39 is 0 Å². The van der Waals surface area contributed by atoms with Crippen LogP contribution in [0.4, 0.5) is 0 Å². The van der Waals surface area contributed by atoms with Crippen LogP contribution in [0, 0.1) is 0 Å². The molecule has 3 rings (SSSR count). The lowest BCUT2D eigenvalue weighted by Crippen LogP contribution is -2.26. The highest BCUT2D eigenvalue weighted by atomic mass is 35.5. The van der Waals surface area contributed by atoms with Crippen LogP contribution in [0.15, 0.2) is 33.7 Å². The van der Waals surface area contributed by atoms with Crippen LogP contribution in [0.25, 0.3) is 0 Å². The summed E-state index contributed by atoms with van der Waals surface area (Å²) < 4.78 is 5.35. The van der Waals surface area contributed by atoms with Crippen molar-refractivity contribution in [2.75, 3.05) is 6.54 Å². The first-order valence-electron chi connectivity index (χ1n) is 6.75. The lowest BCUT2D eigenvalue weighted by atomic mass is 10.1. The Balaban J connectivity index is 1.58. The quantitative estimate of drug-likeness (QED) is 0.870. The molecular formula is C14H16ClN3OS. The average molecular weight is 310 g/mol. The minimum absolute atomic E-state index is 0.227. The van der Waals surface area contributed by atoms with Crippen molar-refractivity contribution in [3.63, 3.8) is 0 Å². The summed E-state index contributed by atoms with van der Waals surface area (Å²) in [4.78, 5) is 5.63. The molecule has 1 atom stereocenters. The van der Waals surface area contributed by atoms with Gasteiger partial charge in [-0.05, 0) is 43.7 Å². The maximum atomic E-state index is 5.86. The predicted molar refractivity (Wildman–Crippen MR) is 79.9 cm³/mol. The van der Waals surface area contributed by atoms with Crippen molar-refractivity contribution in [1.82, 2.24) is 15.5 Å². The number of nitrogens with zero attached hydrogens (tertiary/aromatic N) is 2. The molecule has 20 heavy (non-hydrogen) atoms. The third kappa shape index (κ3) is 3.53. The Labute approximate surface area is 127 Å². The average Bonchev–Trinajstić information content (AvgIpc) is 2.97. The molecule has 0 radical (unpaired) electrons. The molecule has 0 unspecified atom stereocenters. The van der Waals surface area contributed by atoms with Crippen LogP contribution in [0.3, 0.4) is 0 Å². The lowest BCUT2D eigenvalue weighted by Gasteiger charge is -2.19. The Hall–Kier alpha value is -1.04. The normalized spacial score (nSPS) is 19.1. The van der Waals surface area contributed by atoms with E-state index in [2.05, 4.69) is 15.5 Å². The van der Waals surface area contributed by atoms with Gasteiger partial charge in [0.15, 0.2) is 5.82 Å². The van der Waals surface area contributed by atoms with E-state index in [0.29, 0.717) is 5.75 Å². The van der Waals surface area contributed by atoms with Gasteiger partial charge in [-0.1, -0.05) is 23.2 Å². The minimum atomic E-state index is 0.227. The van der Waals surface area contributed by atoms with E-state index in [0.717, 1.165) is 34.6 Å². The van der Waals surface area contributed by atoms with Crippen LogP contribution >= 0.6 is 23.4 Å². The topological polar surface area (TPSA) is 51.0 Å². The number of halogens is 1. The number of rotatable bonds is 4. The van der Waals surface area contributed by atoms with E-state index in [1.165, 1.54) is 12.8 Å². The van der Waals surface area contributed by atoms with Crippen LogP contribution < -0.4 is 5.32 Å². The van der Waals surface area contributed by atoms with Gasteiger partial charge in [0.05, 0.1) is 11.8 Å². The van der Waals surface area contributed by atoms with E-state index >= 15 is 0 Å². The fourth-order valence-electron chi connectivity index (χ4n) is 2.21. The molecule has 1 N–H and O–H groups in total. The second kappa shape index (κ2) is 6.61. The zero-order valence-electron chi connectivity index (χ0n) is 11.0. The van der Waals surface area contributed by atoms with E-state index in [-0.39, 0.29) is 6.04 Å². The molecule has 1 aromatic heterocycles. The van der Waals surface area contributed by atoms with Gasteiger partial charge in [0, 0.05) is 9.92 Å². The van der Waals surface area contributed by atoms with Gasteiger partial charge in [-0.3, -0.25) is 0 Å². The van der Waals surface area contributed by atoms with Gasteiger partial charge < -0.3 is 9.84 Å². The van der Waals surface area contributed by atoms with Crippen molar-refractivity contribution < 1.29 is 4.52 Å². The SMILES string of the molecule is Clc1ccc(SCc2noc([C@H]3CCCCN3)n2)cc1. The molecule has 1 fully saturated rings. The van der Waals surface area contributed by atoms with Crippen molar-refractivity contribution in [2.24, 2.45) is 0 Å². The number of benzene rings is 1. The fourth-order valence-corrected chi connectivity index (χ4v) is 3.08. The fraction of sp³-hybridized carbons (Fsp3) is 0.429. The number of thioether (sulfide) groups is 1. The molecule has 2 aromatic rings. The van der Waals surface area contributed by atoms with Crippen molar-refractivity contribution >= 4 is 23.4 Å². The van der Waals surface area contributed by atoms with Gasteiger partial charge in [0.1, 0.15) is 0 Å². The summed E-state index contributed by atoms with van der Waals surface area (Å²) in [5.41, 5.74) is 0. The molecule has 1 aliphatic rings. The molecule has 1 aliphatic heterocycles. The molecule has 0 bridgehead atoms. The number of nitrogens with one attached hydrogen (secondary N) is 1. The van der Waals surface area contributed by atoms with Crippen LogP contribution in [-0.4, -0.2) is 16.7 Å². The van der Waals surface area contributed by atoms with Crippen LogP contribution in [0.2, 0.25) is 5.02 Å². The predicted octanol–water partition coefficient (Wildman–Crippen LogP) is 3.83. The standard InChI is InChI=1S/C14H16ClN3OS/c15-10-4-6-11(7-5-10)20-9-13-17-14(19-18-13)12-3-1-2-8-16-12/h4-7,12,16H,1-3,8-9H2/t12-/m1/s1. The number of piperidine rings is 1. The first-order chi connectivity index (χ1) is 9.81. The molecule has 6 heteroatoms. The third-order valence-corrected chi connectivity index (χ3v) is 4.53. The maximum absolute atomic E-state index is 5.86. The van der Waals surface area contributed by atoms with Gasteiger partial charge in [-0.15, -0.1) is 11.8 Å². The summed E-state index contributed by atoms with van der Waals surface area (Å²) in [5, 5.41) is 8.21. The summed E-state index contributed by atoms with van der Waals surface area (Å²) in [6, 6.07) is 7.99. The third-order valence-electron chi connectivity index (χ3n) is 3.27. The number of hydrogen-bond acceptors (Lipinski definition) is 5. The minimum Gasteiger partial charge on any atom is -0.338 e. The molecule has 0 aliphatic carbocycles. The Morgan fingerprint density at radius 2 is 2.15 bits per heavy atom. The van der Waals surface area contributed by atoms with Gasteiger partial charge in [-0.2, -0.15) is 4.98 Å². The van der Waals surface area contributed by atoms with Crippen molar-refractivity contribution in [3.05, 3.63) is 41.0 Å². The molecule has 0 amide bonds. The smallest absolute Gasteiger partial charge is 0.243 e. The lowest BCUT2D eigenvalue weighted by molar-refractivity contribution is 0.296. The number of hydrogen-bond donors (Lipinski definition) is 1. The van der Waals surface area contributed by atoms with Crippen LogP contribution in [0.1, 0.15) is 37.0 Å². The second-order valence-electron chi connectivity index (χ2n) is 4.79. The monoisotopic (exact) mass is 309 g/mol. The number of aromatic nitrogens is 2. The maximum Gasteiger partial charge on any atom is 0.243 e. The van der Waals surface area contributed by atoms with E-state index in [4.69, 9.17) is 16.1 Å². The van der Waals surface area contributed by atoms with Crippen LogP contribution in [-0.2, 0) is 5.75 Å². The summed E-state index contributed by atoms with van der Waals surface area (Å²) >= 11 is 7.54. The molecule has 1 saturated heterocycles. The summed E-state index contributed by atoms with van der Waals surface area (Å²) in [6.45, 7) is 1.03. The largest absolute Gasteiger partial charge is 0.338 e. The molecular weight excluding hydrogens is 294 g/mol. The molecule has 4 nitrogen and oxygen atoms in total. The Kier molecular flexibility index (Phi) is 4.60. The Bertz CT molecular complexity index is 552. The van der Waals surface area contributed by atoms with Crippen molar-refractivity contribution in [3.8, 4) is 0 Å². The zero-order valence-corrected chi connectivity index (χ0v) is 12.6. The van der Waals surface area contributed by atoms with E-state index in [9.17, 15) is 0 Å². The zero-order chi connectivity index (χ0) is 13.8. The first-order valence-corrected chi connectivity index (χ1v) is 8.12. The summed E-state index contributed by atoms with van der Waals surface area (Å²) in [6.07, 6.45) is 3.52. The summed E-state index contributed by atoms with van der Waals surface area (Å²) in [5.74, 6) is 2.17. The van der Waals surface area contributed by atoms with Gasteiger partial charge >= 0.3 is 0 Å². The van der Waals surface area contributed by atoms with Crippen LogP contribution in [0.5, 0.6) is 0 Å². The van der Waals surface area contributed by atoms with E-state index in [1.807, 2.05) is 24.3 Å². The Morgan fingerprint density at radius 3 is 2.90 bits per heavy atom. The van der Waals surface area contributed by atoms with Gasteiger partial charge in [-0.25, -0.2) is 0 Å². The van der Waals surface area contributed by atoms with Gasteiger partial charge in [0.25, 0.3) is 0 Å². The highest BCUT2D eigenvalue weighted by molar-refractivity contribution is 7.98. The van der Waals surface area contributed by atoms with Crippen molar-refractivity contribution in [1.29, 1.82) is 0 Å². The second-order valence-corrected chi connectivity index (χ2v) is 6.28.